The van der Waals surface area contributed by atoms with Crippen LogP contribution in [0.4, 0.5) is 4.79 Å². The van der Waals surface area contributed by atoms with Crippen LogP contribution in [0.15, 0.2) is 33.9 Å². The summed E-state index contributed by atoms with van der Waals surface area (Å²) in [4.78, 5) is 22.4. The molecule has 0 atom stereocenters. The summed E-state index contributed by atoms with van der Waals surface area (Å²) >= 11 is 6.80. The summed E-state index contributed by atoms with van der Waals surface area (Å²) in [7, 11) is 1.42. The molecule has 2 N–H and O–H groups in total. The molecule has 0 saturated heterocycles. The molecule has 0 bridgehead atoms. The Hall–Kier alpha value is -2.26. The van der Waals surface area contributed by atoms with Crippen LogP contribution in [0.2, 0.25) is 5.02 Å². The Labute approximate surface area is 140 Å². The molecule has 0 saturated carbocycles. The topological polar surface area (TPSA) is 106 Å². The first-order valence-electron chi connectivity index (χ1n) is 6.42. The smallest absolute Gasteiger partial charge is 0.321 e. The van der Waals surface area contributed by atoms with Gasteiger partial charge in [-0.05, 0) is 24.3 Å². The van der Waals surface area contributed by atoms with Gasteiger partial charge in [0.15, 0.2) is 6.61 Å². The Kier molecular flexibility index (Phi) is 6.24. The number of hydrogen-bond donors (Lipinski definition) is 2. The van der Waals surface area contributed by atoms with E-state index in [1.165, 1.54) is 7.05 Å². The Balaban J connectivity index is 1.78. The molecule has 1 heterocycles. The third-order valence-corrected chi connectivity index (χ3v) is 3.50. The molecule has 1 aromatic heterocycles. The van der Waals surface area contributed by atoms with E-state index in [9.17, 15) is 9.59 Å². The van der Waals surface area contributed by atoms with E-state index >= 15 is 0 Å². The summed E-state index contributed by atoms with van der Waals surface area (Å²) in [6, 6.07) is 6.28. The Bertz CT molecular complexity index is 677. The van der Waals surface area contributed by atoms with Gasteiger partial charge in [-0.3, -0.25) is 10.1 Å². The van der Waals surface area contributed by atoms with Gasteiger partial charge in [0, 0.05) is 12.1 Å². The summed E-state index contributed by atoms with van der Waals surface area (Å²) in [5.74, 6) is 0.403. The van der Waals surface area contributed by atoms with Crippen molar-refractivity contribution >= 4 is 35.3 Å². The van der Waals surface area contributed by atoms with Gasteiger partial charge in [0.2, 0.25) is 5.91 Å². The van der Waals surface area contributed by atoms with Crippen LogP contribution >= 0.6 is 23.4 Å². The number of ether oxygens (including phenoxy) is 1. The molecule has 1 aromatic carbocycles. The standard InChI is InChI=1S/C13H13ClN4O4S/c1-15-12(20)16-10(19)7-23-13-18-17-11(22-13)6-21-9-4-2-8(14)3-5-9/h2-5H,6-7H2,1H3,(H2,15,16,19,20). The number of thioether (sulfide) groups is 1. The molecule has 0 radical (unpaired) electrons. The van der Waals surface area contributed by atoms with E-state index in [2.05, 4.69) is 20.8 Å². The number of hydrogen-bond acceptors (Lipinski definition) is 7. The second-order valence-electron chi connectivity index (χ2n) is 4.12. The highest BCUT2D eigenvalue weighted by molar-refractivity contribution is 7.99. The van der Waals surface area contributed by atoms with Crippen LogP contribution < -0.4 is 15.4 Å². The van der Waals surface area contributed by atoms with Crippen molar-refractivity contribution in [3.8, 4) is 5.75 Å². The van der Waals surface area contributed by atoms with E-state index in [0.717, 1.165) is 11.8 Å². The Morgan fingerprint density at radius 2 is 2.04 bits per heavy atom. The maximum Gasteiger partial charge on any atom is 0.321 e. The summed E-state index contributed by atoms with van der Waals surface area (Å²) in [5.41, 5.74) is 0. The number of amides is 3. The molecule has 0 fully saturated rings. The lowest BCUT2D eigenvalue weighted by molar-refractivity contribution is -0.117. The molecule has 2 aromatic rings. The number of carbonyl (C=O) groups is 2. The summed E-state index contributed by atoms with van der Waals surface area (Å²) in [6.07, 6.45) is 0. The zero-order chi connectivity index (χ0) is 16.7. The summed E-state index contributed by atoms with van der Waals surface area (Å²) < 4.78 is 10.8. The average Bonchev–Trinajstić information content (AvgIpc) is 3.00. The van der Waals surface area contributed by atoms with Gasteiger partial charge in [0.25, 0.3) is 11.1 Å². The van der Waals surface area contributed by atoms with Gasteiger partial charge in [0.1, 0.15) is 5.75 Å². The van der Waals surface area contributed by atoms with Crippen LogP contribution in [0, 0.1) is 0 Å². The third-order valence-electron chi connectivity index (χ3n) is 2.43. The minimum absolute atomic E-state index is 0.0207. The first-order chi connectivity index (χ1) is 11.1. The molecule has 122 valence electrons. The van der Waals surface area contributed by atoms with Gasteiger partial charge in [-0.1, -0.05) is 23.4 Å². The molecule has 0 aliphatic heterocycles. The highest BCUT2D eigenvalue weighted by Crippen LogP contribution is 2.19. The number of benzene rings is 1. The number of urea groups is 1. The Morgan fingerprint density at radius 3 is 2.74 bits per heavy atom. The van der Waals surface area contributed by atoms with Crippen LogP contribution in [-0.2, 0) is 11.4 Å². The van der Waals surface area contributed by atoms with Crippen molar-refractivity contribution in [3.63, 3.8) is 0 Å². The van der Waals surface area contributed by atoms with E-state index in [1.807, 2.05) is 0 Å². The maximum absolute atomic E-state index is 11.4. The predicted octanol–water partition coefficient (Wildman–Crippen LogP) is 1.85. The SMILES string of the molecule is CNC(=O)NC(=O)CSc1nnc(COc2ccc(Cl)cc2)o1. The fourth-order valence-corrected chi connectivity index (χ4v) is 2.09. The van der Waals surface area contributed by atoms with Gasteiger partial charge in [0.05, 0.1) is 5.75 Å². The lowest BCUT2D eigenvalue weighted by Crippen LogP contribution is -2.38. The number of nitrogens with zero attached hydrogens (tertiary/aromatic N) is 2. The van der Waals surface area contributed by atoms with Gasteiger partial charge in [-0.25, -0.2) is 4.79 Å². The highest BCUT2D eigenvalue weighted by Gasteiger charge is 2.11. The molecule has 10 heteroatoms. The number of carbonyl (C=O) groups excluding carboxylic acids is 2. The first kappa shape index (κ1) is 17.1. The van der Waals surface area contributed by atoms with Gasteiger partial charge in [-0.15, -0.1) is 10.2 Å². The zero-order valence-electron chi connectivity index (χ0n) is 12.0. The number of imide groups is 1. The molecule has 8 nitrogen and oxygen atoms in total. The summed E-state index contributed by atoms with van der Waals surface area (Å²) in [6.45, 7) is 0.0969. The van der Waals surface area contributed by atoms with Gasteiger partial charge < -0.3 is 14.5 Å². The average molecular weight is 357 g/mol. The normalized spacial score (nSPS) is 10.2. The molecule has 3 amide bonds. The molecule has 0 spiro atoms. The van der Waals surface area contributed by atoms with Gasteiger partial charge >= 0.3 is 6.03 Å². The molecule has 0 unspecified atom stereocenters. The lowest BCUT2D eigenvalue weighted by Gasteiger charge is -2.02. The van der Waals surface area contributed by atoms with Crippen molar-refractivity contribution in [2.24, 2.45) is 0 Å². The van der Waals surface area contributed by atoms with Crippen molar-refractivity contribution in [2.75, 3.05) is 12.8 Å². The number of halogens is 1. The maximum atomic E-state index is 11.4. The summed E-state index contributed by atoms with van der Waals surface area (Å²) in [5, 5.41) is 12.8. The van der Waals surface area contributed by atoms with Crippen LogP contribution in [-0.4, -0.2) is 34.9 Å². The predicted molar refractivity (Wildman–Crippen MR) is 83.4 cm³/mol. The van der Waals surface area contributed by atoms with E-state index in [-0.39, 0.29) is 23.5 Å². The number of rotatable bonds is 6. The second kappa shape index (κ2) is 8.39. The Morgan fingerprint density at radius 1 is 1.30 bits per heavy atom. The highest BCUT2D eigenvalue weighted by atomic mass is 35.5. The molecular weight excluding hydrogens is 344 g/mol. The third kappa shape index (κ3) is 5.80. The first-order valence-corrected chi connectivity index (χ1v) is 7.78. The van der Waals surface area contributed by atoms with E-state index in [0.29, 0.717) is 10.8 Å². The fourth-order valence-electron chi connectivity index (χ4n) is 1.38. The molecular formula is C13H13ClN4O4S. The zero-order valence-corrected chi connectivity index (χ0v) is 13.6. The van der Waals surface area contributed by atoms with Gasteiger partial charge in [-0.2, -0.15) is 0 Å². The van der Waals surface area contributed by atoms with Crippen molar-refractivity contribution in [1.29, 1.82) is 0 Å². The van der Waals surface area contributed by atoms with Crippen molar-refractivity contribution < 1.29 is 18.7 Å². The van der Waals surface area contributed by atoms with E-state index < -0.39 is 11.9 Å². The monoisotopic (exact) mass is 356 g/mol. The fraction of sp³-hybridized carbons (Fsp3) is 0.231. The molecule has 2 rings (SSSR count). The van der Waals surface area contributed by atoms with Crippen LogP contribution in [0.5, 0.6) is 5.75 Å². The second-order valence-corrected chi connectivity index (χ2v) is 5.48. The molecule has 0 aliphatic rings. The van der Waals surface area contributed by atoms with Crippen molar-refractivity contribution in [1.82, 2.24) is 20.8 Å². The van der Waals surface area contributed by atoms with Crippen LogP contribution in [0.3, 0.4) is 0 Å². The lowest BCUT2D eigenvalue weighted by atomic mass is 10.3. The van der Waals surface area contributed by atoms with Crippen molar-refractivity contribution in [2.45, 2.75) is 11.8 Å². The van der Waals surface area contributed by atoms with Crippen LogP contribution in [0.25, 0.3) is 0 Å². The largest absolute Gasteiger partial charge is 0.484 e. The van der Waals surface area contributed by atoms with Crippen LogP contribution in [0.1, 0.15) is 5.89 Å². The van der Waals surface area contributed by atoms with E-state index in [1.54, 1.807) is 24.3 Å². The molecule has 0 aliphatic carbocycles. The quantitative estimate of drug-likeness (QED) is 0.760. The number of nitrogens with one attached hydrogen (secondary N) is 2. The minimum Gasteiger partial charge on any atom is -0.484 e. The minimum atomic E-state index is -0.571. The number of aromatic nitrogens is 2. The molecule has 23 heavy (non-hydrogen) atoms. The van der Waals surface area contributed by atoms with Crippen molar-refractivity contribution in [3.05, 3.63) is 35.2 Å². The van der Waals surface area contributed by atoms with E-state index in [4.69, 9.17) is 20.8 Å².